The van der Waals surface area contributed by atoms with E-state index >= 15 is 0 Å². The number of carbonyl (C=O) groups is 1. The van der Waals surface area contributed by atoms with Gasteiger partial charge in [0.25, 0.3) is 0 Å². The molecule has 21 heavy (non-hydrogen) atoms. The van der Waals surface area contributed by atoms with Crippen molar-refractivity contribution in [3.63, 3.8) is 0 Å². The van der Waals surface area contributed by atoms with Crippen LogP contribution in [0.5, 0.6) is 5.75 Å². The number of Topliss-reactive ketones (excluding diaryl/α,β-unsaturated/α-hetero) is 1. The number of aromatic nitrogens is 1. The smallest absolute Gasteiger partial charge is 0.200 e. The first kappa shape index (κ1) is 13.6. The van der Waals surface area contributed by atoms with E-state index in [0.717, 1.165) is 10.9 Å². The van der Waals surface area contributed by atoms with Crippen LogP contribution in [0.2, 0.25) is 5.02 Å². The van der Waals surface area contributed by atoms with Crippen molar-refractivity contribution in [1.82, 2.24) is 4.98 Å². The Morgan fingerprint density at radius 3 is 2.71 bits per heavy atom. The molecule has 0 fully saturated rings. The summed E-state index contributed by atoms with van der Waals surface area (Å²) in [6.45, 7) is -0.00655. The lowest BCUT2D eigenvalue weighted by Gasteiger charge is -2.06. The van der Waals surface area contributed by atoms with Gasteiger partial charge in [0.15, 0.2) is 12.4 Å². The lowest BCUT2D eigenvalue weighted by molar-refractivity contribution is 0.0921. The summed E-state index contributed by atoms with van der Waals surface area (Å²) in [5, 5.41) is 1.57. The second-order valence-electron chi connectivity index (χ2n) is 4.58. The zero-order valence-electron chi connectivity index (χ0n) is 11.1. The van der Waals surface area contributed by atoms with Crippen molar-refractivity contribution in [1.29, 1.82) is 0 Å². The highest BCUT2D eigenvalue weighted by Gasteiger charge is 2.08. The molecule has 3 nitrogen and oxygen atoms in total. The fourth-order valence-electron chi connectivity index (χ4n) is 2.01. The quantitative estimate of drug-likeness (QED) is 0.679. The van der Waals surface area contributed by atoms with Gasteiger partial charge in [0, 0.05) is 22.2 Å². The molecule has 0 saturated carbocycles. The molecule has 1 aromatic heterocycles. The first-order valence-corrected chi connectivity index (χ1v) is 6.86. The molecule has 0 aliphatic heterocycles. The van der Waals surface area contributed by atoms with E-state index in [9.17, 15) is 4.79 Å². The maximum absolute atomic E-state index is 12.2. The molecule has 0 unspecified atom stereocenters. The molecule has 0 aliphatic rings. The molecule has 3 rings (SSSR count). The summed E-state index contributed by atoms with van der Waals surface area (Å²) in [6.07, 6.45) is 1.73. The number of halogens is 1. The summed E-state index contributed by atoms with van der Waals surface area (Å²) in [5.41, 5.74) is 1.48. The van der Waals surface area contributed by atoms with Crippen molar-refractivity contribution in [2.24, 2.45) is 0 Å². The van der Waals surface area contributed by atoms with Crippen LogP contribution in [-0.4, -0.2) is 17.4 Å². The zero-order chi connectivity index (χ0) is 14.7. The molecule has 0 N–H and O–H groups in total. The van der Waals surface area contributed by atoms with Gasteiger partial charge in [0.05, 0.1) is 5.52 Å². The van der Waals surface area contributed by atoms with Gasteiger partial charge in [-0.1, -0.05) is 17.7 Å². The molecule has 104 valence electrons. The summed E-state index contributed by atoms with van der Waals surface area (Å²) in [7, 11) is 0. The fourth-order valence-corrected chi connectivity index (χ4v) is 2.14. The molecule has 0 bridgehead atoms. The van der Waals surface area contributed by atoms with Gasteiger partial charge in [-0.3, -0.25) is 9.78 Å². The average Bonchev–Trinajstić information content (AvgIpc) is 2.53. The number of fused-ring (bicyclic) bond motifs is 1. The van der Waals surface area contributed by atoms with Gasteiger partial charge in [0.1, 0.15) is 5.75 Å². The zero-order valence-corrected chi connectivity index (χ0v) is 11.9. The van der Waals surface area contributed by atoms with E-state index in [1.165, 1.54) is 0 Å². The number of pyridine rings is 1. The van der Waals surface area contributed by atoms with Gasteiger partial charge >= 0.3 is 0 Å². The fraction of sp³-hybridized carbons (Fsp3) is 0.0588. The molecule has 0 radical (unpaired) electrons. The van der Waals surface area contributed by atoms with Crippen molar-refractivity contribution in [3.8, 4) is 5.75 Å². The predicted molar refractivity (Wildman–Crippen MR) is 83.0 cm³/mol. The molecule has 3 aromatic rings. The number of hydrogen-bond acceptors (Lipinski definition) is 3. The highest BCUT2D eigenvalue weighted by molar-refractivity contribution is 6.30. The number of carbonyl (C=O) groups excluding carboxylic acids is 1. The molecule has 4 heteroatoms. The summed E-state index contributed by atoms with van der Waals surface area (Å²) in [6, 6.07) is 16.1. The van der Waals surface area contributed by atoms with E-state index in [2.05, 4.69) is 4.98 Å². The van der Waals surface area contributed by atoms with Crippen molar-refractivity contribution >= 4 is 28.3 Å². The van der Waals surface area contributed by atoms with Crippen molar-refractivity contribution in [2.45, 2.75) is 0 Å². The van der Waals surface area contributed by atoms with E-state index in [1.54, 1.807) is 36.5 Å². The van der Waals surface area contributed by atoms with Crippen LogP contribution in [0.3, 0.4) is 0 Å². The number of hydrogen-bond donors (Lipinski definition) is 0. The SMILES string of the molecule is O=C(COc1ccc(Cl)cc1)c1ccc2ncccc2c1. The molecular formula is C17H12ClNO2. The minimum Gasteiger partial charge on any atom is -0.485 e. The van der Waals surface area contributed by atoms with Crippen LogP contribution in [-0.2, 0) is 0 Å². The standard InChI is InChI=1S/C17H12ClNO2/c18-14-4-6-15(7-5-14)21-11-17(20)13-3-8-16-12(10-13)2-1-9-19-16/h1-10H,11H2. The van der Waals surface area contributed by atoms with E-state index in [0.29, 0.717) is 16.3 Å². The van der Waals surface area contributed by atoms with Crippen LogP contribution in [0.25, 0.3) is 10.9 Å². The molecular weight excluding hydrogens is 286 g/mol. The normalized spacial score (nSPS) is 10.5. The minimum absolute atomic E-state index is 0.00655. The maximum atomic E-state index is 12.2. The van der Waals surface area contributed by atoms with Crippen molar-refractivity contribution in [3.05, 3.63) is 71.4 Å². The van der Waals surface area contributed by atoms with Crippen LogP contribution in [0, 0.1) is 0 Å². The molecule has 2 aromatic carbocycles. The van der Waals surface area contributed by atoms with Gasteiger partial charge in [-0.2, -0.15) is 0 Å². The Morgan fingerprint density at radius 2 is 1.90 bits per heavy atom. The van der Waals surface area contributed by atoms with Gasteiger partial charge < -0.3 is 4.74 Å². The minimum atomic E-state index is -0.0734. The number of rotatable bonds is 4. The summed E-state index contributed by atoms with van der Waals surface area (Å²) < 4.78 is 5.47. The van der Waals surface area contributed by atoms with Crippen LogP contribution < -0.4 is 4.74 Å². The average molecular weight is 298 g/mol. The predicted octanol–water partition coefficient (Wildman–Crippen LogP) is 4.15. The third kappa shape index (κ3) is 3.20. The van der Waals surface area contributed by atoms with Crippen molar-refractivity contribution in [2.75, 3.05) is 6.61 Å². The first-order chi connectivity index (χ1) is 10.2. The largest absolute Gasteiger partial charge is 0.485 e. The Bertz CT molecular complexity index is 784. The van der Waals surface area contributed by atoms with Gasteiger partial charge in [-0.15, -0.1) is 0 Å². The number of benzene rings is 2. The van der Waals surface area contributed by atoms with Crippen LogP contribution >= 0.6 is 11.6 Å². The third-order valence-electron chi connectivity index (χ3n) is 3.11. The lowest BCUT2D eigenvalue weighted by Crippen LogP contribution is -2.11. The van der Waals surface area contributed by atoms with E-state index in [1.807, 2.05) is 24.3 Å². The second-order valence-corrected chi connectivity index (χ2v) is 5.01. The van der Waals surface area contributed by atoms with E-state index < -0.39 is 0 Å². The lowest BCUT2D eigenvalue weighted by atomic mass is 10.1. The first-order valence-electron chi connectivity index (χ1n) is 6.49. The Hall–Kier alpha value is -2.39. The summed E-state index contributed by atoms with van der Waals surface area (Å²) in [4.78, 5) is 16.4. The number of ketones is 1. The highest BCUT2D eigenvalue weighted by atomic mass is 35.5. The molecule has 0 spiro atoms. The Labute approximate surface area is 127 Å². The van der Waals surface area contributed by atoms with Gasteiger partial charge in [-0.05, 0) is 48.5 Å². The highest BCUT2D eigenvalue weighted by Crippen LogP contribution is 2.17. The second kappa shape index (κ2) is 5.94. The van der Waals surface area contributed by atoms with Gasteiger partial charge in [0.2, 0.25) is 0 Å². The monoisotopic (exact) mass is 297 g/mol. The number of nitrogens with zero attached hydrogens (tertiary/aromatic N) is 1. The van der Waals surface area contributed by atoms with Crippen LogP contribution in [0.15, 0.2) is 60.8 Å². The summed E-state index contributed by atoms with van der Waals surface area (Å²) in [5.74, 6) is 0.547. The topological polar surface area (TPSA) is 39.2 Å². The van der Waals surface area contributed by atoms with Crippen LogP contribution in [0.1, 0.15) is 10.4 Å². The van der Waals surface area contributed by atoms with E-state index in [-0.39, 0.29) is 12.4 Å². The third-order valence-corrected chi connectivity index (χ3v) is 3.36. The molecule has 0 amide bonds. The molecule has 1 heterocycles. The molecule has 0 aliphatic carbocycles. The Balaban J connectivity index is 1.73. The Morgan fingerprint density at radius 1 is 1.10 bits per heavy atom. The maximum Gasteiger partial charge on any atom is 0.200 e. The summed E-state index contributed by atoms with van der Waals surface area (Å²) >= 11 is 5.80. The van der Waals surface area contributed by atoms with Crippen molar-refractivity contribution < 1.29 is 9.53 Å². The Kier molecular flexibility index (Phi) is 3.84. The molecule has 0 atom stereocenters. The van der Waals surface area contributed by atoms with Gasteiger partial charge in [-0.25, -0.2) is 0 Å². The molecule has 0 saturated heterocycles. The van der Waals surface area contributed by atoms with E-state index in [4.69, 9.17) is 16.3 Å². The number of ether oxygens (including phenoxy) is 1. The van der Waals surface area contributed by atoms with Crippen LogP contribution in [0.4, 0.5) is 0 Å².